The van der Waals surface area contributed by atoms with E-state index in [9.17, 15) is 10.1 Å². The summed E-state index contributed by atoms with van der Waals surface area (Å²) in [5.41, 5.74) is 0.847. The lowest BCUT2D eigenvalue weighted by Crippen LogP contribution is -2.41. The maximum atomic E-state index is 12.6. The van der Waals surface area contributed by atoms with E-state index >= 15 is 0 Å². The van der Waals surface area contributed by atoms with Crippen LogP contribution in [0.3, 0.4) is 0 Å². The van der Waals surface area contributed by atoms with Gasteiger partial charge in [-0.05, 0) is 55.4 Å². The van der Waals surface area contributed by atoms with Crippen molar-refractivity contribution in [2.45, 2.75) is 59.4 Å². The topological polar surface area (TPSA) is 71.3 Å². The Bertz CT molecular complexity index is 734. The Labute approximate surface area is 168 Å². The van der Waals surface area contributed by atoms with Crippen LogP contribution in [0.1, 0.15) is 58.9 Å². The van der Waals surface area contributed by atoms with E-state index in [1.54, 1.807) is 6.08 Å². The van der Waals surface area contributed by atoms with Crippen LogP contribution in [0.2, 0.25) is 0 Å². The standard InChI is InChI=1S/C23H32N2O3/c1-5-27-22-13-18(10-11-21(22)28-15-16(2)3)12-19(14-24)23(26)25-20-9-7-6-8-17(20)4/h10-13,16-17,20H,5-9,15H2,1-4H3,(H,25,26)/b19-12+/t17-,20+/m1/s1. The number of benzene rings is 1. The third-order valence-electron chi connectivity index (χ3n) is 4.94. The monoisotopic (exact) mass is 384 g/mol. The first kappa shape index (κ1) is 21.8. The van der Waals surface area contributed by atoms with Gasteiger partial charge in [-0.15, -0.1) is 0 Å². The Kier molecular flexibility index (Phi) is 8.38. The van der Waals surface area contributed by atoms with E-state index in [4.69, 9.17) is 9.47 Å². The zero-order chi connectivity index (χ0) is 20.5. The number of carbonyl (C=O) groups is 1. The number of amides is 1. The molecule has 2 rings (SSSR count). The zero-order valence-electron chi connectivity index (χ0n) is 17.5. The van der Waals surface area contributed by atoms with Gasteiger partial charge in [0.2, 0.25) is 0 Å². The maximum Gasteiger partial charge on any atom is 0.262 e. The summed E-state index contributed by atoms with van der Waals surface area (Å²) in [7, 11) is 0. The van der Waals surface area contributed by atoms with E-state index in [0.717, 1.165) is 24.8 Å². The van der Waals surface area contributed by atoms with Gasteiger partial charge in [-0.2, -0.15) is 5.26 Å². The molecule has 1 aromatic rings. The third-order valence-corrected chi connectivity index (χ3v) is 4.94. The van der Waals surface area contributed by atoms with Crippen LogP contribution in [0.5, 0.6) is 11.5 Å². The van der Waals surface area contributed by atoms with Crippen molar-refractivity contribution in [1.29, 1.82) is 5.26 Å². The van der Waals surface area contributed by atoms with Crippen LogP contribution in [0.25, 0.3) is 6.08 Å². The molecule has 0 saturated heterocycles. The predicted molar refractivity (Wildman–Crippen MR) is 111 cm³/mol. The fraction of sp³-hybridized carbons (Fsp3) is 0.565. The molecular weight excluding hydrogens is 352 g/mol. The Morgan fingerprint density at radius 1 is 1.29 bits per heavy atom. The van der Waals surface area contributed by atoms with Crippen molar-refractivity contribution in [3.05, 3.63) is 29.3 Å². The summed E-state index contributed by atoms with van der Waals surface area (Å²) in [6, 6.07) is 7.66. The van der Waals surface area contributed by atoms with Crippen LogP contribution in [0.15, 0.2) is 23.8 Å². The average molecular weight is 385 g/mol. The highest BCUT2D eigenvalue weighted by Gasteiger charge is 2.24. The van der Waals surface area contributed by atoms with E-state index < -0.39 is 0 Å². The quantitative estimate of drug-likeness (QED) is 0.520. The fourth-order valence-corrected chi connectivity index (χ4v) is 3.35. The summed E-state index contributed by atoms with van der Waals surface area (Å²) in [6.45, 7) is 9.35. The summed E-state index contributed by atoms with van der Waals surface area (Å²) < 4.78 is 11.5. The molecule has 1 fully saturated rings. The molecule has 1 aliphatic rings. The molecule has 5 heteroatoms. The molecule has 0 heterocycles. The van der Waals surface area contributed by atoms with Crippen molar-refractivity contribution >= 4 is 12.0 Å². The Morgan fingerprint density at radius 3 is 2.68 bits per heavy atom. The number of rotatable bonds is 8. The van der Waals surface area contributed by atoms with Gasteiger partial charge < -0.3 is 14.8 Å². The van der Waals surface area contributed by atoms with Gasteiger partial charge in [0.25, 0.3) is 5.91 Å². The van der Waals surface area contributed by atoms with E-state index in [2.05, 4.69) is 26.1 Å². The lowest BCUT2D eigenvalue weighted by Gasteiger charge is -2.29. The molecule has 0 aromatic heterocycles. The molecule has 1 amide bonds. The van der Waals surface area contributed by atoms with Gasteiger partial charge >= 0.3 is 0 Å². The van der Waals surface area contributed by atoms with Gasteiger partial charge in [-0.1, -0.05) is 39.7 Å². The van der Waals surface area contributed by atoms with Crippen molar-refractivity contribution < 1.29 is 14.3 Å². The Hall–Kier alpha value is -2.48. The molecule has 5 nitrogen and oxygen atoms in total. The molecule has 1 aliphatic carbocycles. The van der Waals surface area contributed by atoms with E-state index in [1.807, 2.05) is 31.2 Å². The highest BCUT2D eigenvalue weighted by molar-refractivity contribution is 6.01. The van der Waals surface area contributed by atoms with Gasteiger partial charge in [0, 0.05) is 6.04 Å². The minimum absolute atomic E-state index is 0.107. The molecule has 0 spiro atoms. The summed E-state index contributed by atoms with van der Waals surface area (Å²) in [4.78, 5) is 12.6. The number of hydrogen-bond acceptors (Lipinski definition) is 4. The fourth-order valence-electron chi connectivity index (χ4n) is 3.35. The molecule has 1 aromatic carbocycles. The first-order valence-corrected chi connectivity index (χ1v) is 10.3. The number of ether oxygens (including phenoxy) is 2. The van der Waals surface area contributed by atoms with Gasteiger partial charge in [0.1, 0.15) is 11.6 Å². The van der Waals surface area contributed by atoms with Gasteiger partial charge in [-0.25, -0.2) is 0 Å². The lowest BCUT2D eigenvalue weighted by atomic mass is 9.86. The molecular formula is C23H32N2O3. The highest BCUT2D eigenvalue weighted by atomic mass is 16.5. The summed E-state index contributed by atoms with van der Waals surface area (Å²) >= 11 is 0. The zero-order valence-corrected chi connectivity index (χ0v) is 17.5. The minimum Gasteiger partial charge on any atom is -0.490 e. The van der Waals surface area contributed by atoms with Crippen molar-refractivity contribution in [2.75, 3.05) is 13.2 Å². The van der Waals surface area contributed by atoms with Gasteiger partial charge in [-0.3, -0.25) is 4.79 Å². The summed E-state index contributed by atoms with van der Waals surface area (Å²) in [5.74, 6) is 1.84. The van der Waals surface area contributed by atoms with Gasteiger partial charge in [0.15, 0.2) is 11.5 Å². The smallest absolute Gasteiger partial charge is 0.262 e. The highest BCUT2D eigenvalue weighted by Crippen LogP contribution is 2.30. The second-order valence-electron chi connectivity index (χ2n) is 7.86. The molecule has 28 heavy (non-hydrogen) atoms. The second-order valence-corrected chi connectivity index (χ2v) is 7.86. The largest absolute Gasteiger partial charge is 0.490 e. The number of carbonyl (C=O) groups excluding carboxylic acids is 1. The summed E-state index contributed by atoms with van der Waals surface area (Å²) in [5, 5.41) is 12.5. The van der Waals surface area contributed by atoms with E-state index in [1.165, 1.54) is 6.42 Å². The first-order chi connectivity index (χ1) is 13.4. The molecule has 0 bridgehead atoms. The Morgan fingerprint density at radius 2 is 2.04 bits per heavy atom. The number of hydrogen-bond donors (Lipinski definition) is 1. The lowest BCUT2D eigenvalue weighted by molar-refractivity contribution is -0.118. The third kappa shape index (κ3) is 6.30. The second kappa shape index (κ2) is 10.8. The van der Waals surface area contributed by atoms with Crippen molar-refractivity contribution in [3.8, 4) is 17.6 Å². The molecule has 2 atom stereocenters. The predicted octanol–water partition coefficient (Wildman–Crippen LogP) is 4.72. The van der Waals surface area contributed by atoms with Crippen LogP contribution in [-0.4, -0.2) is 25.2 Å². The maximum absolute atomic E-state index is 12.6. The molecule has 0 radical (unpaired) electrons. The van der Waals surface area contributed by atoms with E-state index in [-0.39, 0.29) is 17.5 Å². The minimum atomic E-state index is -0.306. The van der Waals surface area contributed by atoms with Crippen molar-refractivity contribution in [2.24, 2.45) is 11.8 Å². The number of nitriles is 1. The molecule has 0 unspecified atom stereocenters. The van der Waals surface area contributed by atoms with E-state index in [0.29, 0.717) is 36.5 Å². The molecule has 0 aliphatic heterocycles. The van der Waals surface area contributed by atoms with Crippen LogP contribution < -0.4 is 14.8 Å². The van der Waals surface area contributed by atoms with Crippen molar-refractivity contribution in [3.63, 3.8) is 0 Å². The SMILES string of the molecule is CCOc1cc(/C=C(\C#N)C(=O)N[C@H]2CCCC[C@H]2C)ccc1OCC(C)C. The Balaban J connectivity index is 2.16. The molecule has 152 valence electrons. The molecule has 1 saturated carbocycles. The van der Waals surface area contributed by atoms with Crippen LogP contribution in [0, 0.1) is 23.2 Å². The van der Waals surface area contributed by atoms with Crippen LogP contribution >= 0.6 is 0 Å². The van der Waals surface area contributed by atoms with Crippen LogP contribution in [0.4, 0.5) is 0 Å². The molecule has 1 N–H and O–H groups in total. The van der Waals surface area contributed by atoms with Crippen molar-refractivity contribution in [1.82, 2.24) is 5.32 Å². The number of nitrogens with one attached hydrogen (secondary N) is 1. The first-order valence-electron chi connectivity index (χ1n) is 10.3. The van der Waals surface area contributed by atoms with Crippen LogP contribution in [-0.2, 0) is 4.79 Å². The normalized spacial score (nSPS) is 19.8. The summed E-state index contributed by atoms with van der Waals surface area (Å²) in [6.07, 6.45) is 6.03. The average Bonchev–Trinajstić information content (AvgIpc) is 2.67. The number of nitrogens with zero attached hydrogens (tertiary/aromatic N) is 1. The van der Waals surface area contributed by atoms with Gasteiger partial charge in [0.05, 0.1) is 13.2 Å².